The van der Waals surface area contributed by atoms with Crippen LogP contribution in [0.5, 0.6) is 17.2 Å². The van der Waals surface area contributed by atoms with Gasteiger partial charge in [0.25, 0.3) is 0 Å². The van der Waals surface area contributed by atoms with Crippen LogP contribution in [0.1, 0.15) is 12.0 Å². The van der Waals surface area contributed by atoms with Gasteiger partial charge in [0.1, 0.15) is 35.2 Å². The van der Waals surface area contributed by atoms with Crippen molar-refractivity contribution < 1.29 is 40.6 Å². The first-order valence-corrected chi connectivity index (χ1v) is 17.0. The SMILES string of the molecule is COc1cc(OCCS(C)(=O)=O)ccc1Nc1ncc(C(F)(F)F)c(Nc2cc(NC(=O)CCCl)c(N(C)CCN(C)C)cc2OC)n1. The maximum atomic E-state index is 14.2. The van der Waals surface area contributed by atoms with Gasteiger partial charge in [0.05, 0.1) is 42.7 Å². The van der Waals surface area contributed by atoms with Crippen molar-refractivity contribution in [2.24, 2.45) is 0 Å². The van der Waals surface area contributed by atoms with E-state index in [1.807, 2.05) is 30.9 Å². The zero-order valence-corrected chi connectivity index (χ0v) is 28.9. The molecule has 0 aliphatic carbocycles. The van der Waals surface area contributed by atoms with Crippen LogP contribution in [0.3, 0.4) is 0 Å². The number of halogens is 4. The van der Waals surface area contributed by atoms with Crippen LogP contribution in [0.4, 0.5) is 47.7 Å². The first-order chi connectivity index (χ1) is 22.5. The van der Waals surface area contributed by atoms with E-state index >= 15 is 0 Å². The fraction of sp³-hybridized carbons (Fsp3) is 0.433. The summed E-state index contributed by atoms with van der Waals surface area (Å²) in [7, 11) is 5.16. The van der Waals surface area contributed by atoms with Crippen LogP contribution >= 0.6 is 11.6 Å². The van der Waals surface area contributed by atoms with Crippen LogP contribution in [0, 0.1) is 0 Å². The number of hydrogen-bond acceptors (Lipinski definition) is 12. The van der Waals surface area contributed by atoms with E-state index in [2.05, 4.69) is 25.9 Å². The number of sulfone groups is 1. The highest BCUT2D eigenvalue weighted by Crippen LogP contribution is 2.41. The normalized spacial score (nSPS) is 11.6. The van der Waals surface area contributed by atoms with Gasteiger partial charge in [-0.25, -0.2) is 13.4 Å². The Balaban J connectivity index is 2.01. The lowest BCUT2D eigenvalue weighted by atomic mass is 10.1. The molecule has 0 saturated heterocycles. The van der Waals surface area contributed by atoms with Gasteiger partial charge in [0.2, 0.25) is 11.9 Å². The van der Waals surface area contributed by atoms with Crippen LogP contribution < -0.4 is 35.1 Å². The van der Waals surface area contributed by atoms with E-state index in [4.69, 9.17) is 25.8 Å². The molecule has 3 aromatic rings. The summed E-state index contributed by atoms with van der Waals surface area (Å²) in [6.45, 7) is 1.17. The van der Waals surface area contributed by atoms with Crippen LogP contribution in [0.25, 0.3) is 0 Å². The number of hydrogen-bond donors (Lipinski definition) is 3. The van der Waals surface area contributed by atoms with E-state index in [9.17, 15) is 26.4 Å². The number of anilines is 6. The third-order valence-electron chi connectivity index (χ3n) is 6.70. The highest BCUT2D eigenvalue weighted by molar-refractivity contribution is 7.90. The summed E-state index contributed by atoms with van der Waals surface area (Å²) in [5.41, 5.74) is 0.118. The second-order valence-corrected chi connectivity index (χ2v) is 13.5. The summed E-state index contributed by atoms with van der Waals surface area (Å²) in [6, 6.07) is 7.60. The number of carbonyl (C=O) groups excluding carboxylic acids is 1. The second kappa shape index (κ2) is 16.7. The van der Waals surface area contributed by atoms with Gasteiger partial charge in [-0.05, 0) is 32.3 Å². The summed E-state index contributed by atoms with van der Waals surface area (Å²) < 4.78 is 81.7. The molecular weight excluding hydrogens is 679 g/mol. The molecule has 3 rings (SSSR count). The molecule has 0 bridgehead atoms. The van der Waals surface area contributed by atoms with Crippen LogP contribution in [-0.4, -0.2) is 102 Å². The first-order valence-electron chi connectivity index (χ1n) is 14.4. The Morgan fingerprint density at radius 3 is 2.27 bits per heavy atom. The van der Waals surface area contributed by atoms with E-state index < -0.39 is 27.4 Å². The summed E-state index contributed by atoms with van der Waals surface area (Å²) >= 11 is 5.76. The number of ether oxygens (including phenoxy) is 3. The van der Waals surface area contributed by atoms with Gasteiger partial charge in [0.15, 0.2) is 9.84 Å². The van der Waals surface area contributed by atoms with E-state index in [1.165, 1.54) is 38.5 Å². The van der Waals surface area contributed by atoms with Crippen molar-refractivity contribution in [3.05, 3.63) is 42.1 Å². The van der Waals surface area contributed by atoms with Crippen LogP contribution in [0.2, 0.25) is 0 Å². The Bertz CT molecular complexity index is 1680. The number of nitrogens with zero attached hydrogens (tertiary/aromatic N) is 4. The molecule has 18 heteroatoms. The molecule has 13 nitrogen and oxygen atoms in total. The Hall–Kier alpha value is -4.22. The third-order valence-corrected chi connectivity index (χ3v) is 7.79. The molecule has 1 amide bonds. The van der Waals surface area contributed by atoms with Crippen LogP contribution in [-0.2, 0) is 20.8 Å². The third kappa shape index (κ3) is 11.2. The summed E-state index contributed by atoms with van der Waals surface area (Å²) in [5.74, 6) is -0.554. The van der Waals surface area contributed by atoms with Crippen molar-refractivity contribution in [1.82, 2.24) is 14.9 Å². The standard InChI is InChI=1S/C30H39ClF3N7O6S/c1-40(2)11-12-41(3)24-17-26(46-5)23(16-22(24)36-27(42)9-10-31)37-28-20(30(32,33)34)18-35-29(39-28)38-21-8-7-19(15-25(21)45-4)47-13-14-48(6,43)44/h7-8,15-18H,9-14H2,1-6H3,(H,36,42)(H2,35,37,38,39). The molecule has 1 aromatic heterocycles. The van der Waals surface area contributed by atoms with E-state index in [0.717, 1.165) is 6.26 Å². The first kappa shape index (κ1) is 38.2. The monoisotopic (exact) mass is 717 g/mol. The minimum absolute atomic E-state index is 0.0214. The lowest BCUT2D eigenvalue weighted by molar-refractivity contribution is -0.137. The number of likely N-dealkylation sites (N-methyl/N-ethyl adjacent to an activating group) is 2. The number of rotatable bonds is 17. The summed E-state index contributed by atoms with van der Waals surface area (Å²) in [5, 5.41) is 8.35. The van der Waals surface area contributed by atoms with Crippen molar-refractivity contribution in [3.8, 4) is 17.2 Å². The van der Waals surface area contributed by atoms with Crippen molar-refractivity contribution in [2.45, 2.75) is 12.6 Å². The molecular formula is C30H39ClF3N7O6S. The van der Waals surface area contributed by atoms with Gasteiger partial charge < -0.3 is 40.0 Å². The van der Waals surface area contributed by atoms with Crippen molar-refractivity contribution >= 4 is 61.9 Å². The predicted molar refractivity (Wildman–Crippen MR) is 181 cm³/mol. The maximum Gasteiger partial charge on any atom is 0.421 e. The van der Waals surface area contributed by atoms with Crippen LogP contribution in [0.15, 0.2) is 36.5 Å². The maximum absolute atomic E-state index is 14.2. The zero-order chi connectivity index (χ0) is 35.6. The molecule has 0 spiro atoms. The number of amides is 1. The molecule has 264 valence electrons. The number of methoxy groups -OCH3 is 2. The van der Waals surface area contributed by atoms with Gasteiger partial charge in [-0.3, -0.25) is 4.79 Å². The highest BCUT2D eigenvalue weighted by Gasteiger charge is 2.36. The van der Waals surface area contributed by atoms with Crippen molar-refractivity contribution in [2.75, 3.05) is 93.8 Å². The van der Waals surface area contributed by atoms with Gasteiger partial charge in [0, 0.05) is 57.0 Å². The fourth-order valence-corrected chi connectivity index (χ4v) is 4.75. The predicted octanol–water partition coefficient (Wildman–Crippen LogP) is 4.99. The lowest BCUT2D eigenvalue weighted by Gasteiger charge is -2.26. The van der Waals surface area contributed by atoms with Gasteiger partial charge >= 0.3 is 6.18 Å². The molecule has 0 atom stereocenters. The number of aromatic nitrogens is 2. The van der Waals surface area contributed by atoms with E-state index in [-0.39, 0.29) is 53.7 Å². The molecule has 0 fully saturated rings. The average molecular weight is 718 g/mol. The largest absolute Gasteiger partial charge is 0.494 e. The van der Waals surface area contributed by atoms with Gasteiger partial charge in [-0.15, -0.1) is 11.6 Å². The number of nitrogens with one attached hydrogen (secondary N) is 3. The number of alkyl halides is 4. The Morgan fingerprint density at radius 1 is 0.979 bits per heavy atom. The van der Waals surface area contributed by atoms with E-state index in [1.54, 1.807) is 6.07 Å². The molecule has 1 heterocycles. The zero-order valence-electron chi connectivity index (χ0n) is 27.4. The average Bonchev–Trinajstić information content (AvgIpc) is 2.99. The Kier molecular flexibility index (Phi) is 13.3. The van der Waals surface area contributed by atoms with Gasteiger partial charge in [-0.1, -0.05) is 0 Å². The van der Waals surface area contributed by atoms with Crippen molar-refractivity contribution in [1.29, 1.82) is 0 Å². The smallest absolute Gasteiger partial charge is 0.421 e. The molecule has 0 aliphatic rings. The van der Waals surface area contributed by atoms with E-state index in [0.29, 0.717) is 42.1 Å². The molecule has 0 saturated carbocycles. The topological polar surface area (TPSA) is 147 Å². The highest BCUT2D eigenvalue weighted by atomic mass is 35.5. The van der Waals surface area contributed by atoms with Gasteiger partial charge in [-0.2, -0.15) is 18.2 Å². The Morgan fingerprint density at radius 2 is 1.67 bits per heavy atom. The number of benzene rings is 2. The summed E-state index contributed by atoms with van der Waals surface area (Å²) in [4.78, 5) is 24.4. The minimum Gasteiger partial charge on any atom is -0.494 e. The molecule has 3 N–H and O–H groups in total. The summed E-state index contributed by atoms with van der Waals surface area (Å²) in [6.07, 6.45) is -3.09. The molecule has 0 unspecified atom stereocenters. The molecule has 2 aromatic carbocycles. The molecule has 0 radical (unpaired) electrons. The minimum atomic E-state index is -4.83. The van der Waals surface area contributed by atoms with Crippen molar-refractivity contribution in [3.63, 3.8) is 0 Å². The Labute approximate surface area is 282 Å². The molecule has 0 aliphatic heterocycles. The molecule has 48 heavy (non-hydrogen) atoms. The quantitative estimate of drug-likeness (QED) is 0.162. The lowest BCUT2D eigenvalue weighted by Crippen LogP contribution is -2.29. The second-order valence-electron chi connectivity index (χ2n) is 10.8. The fourth-order valence-electron chi connectivity index (χ4n) is 4.19. The number of carbonyl (C=O) groups is 1.